The maximum Gasteiger partial charge on any atom is 0.264 e. The average Bonchev–Trinajstić information content (AvgIpc) is 2.93. The second-order valence-corrected chi connectivity index (χ2v) is 11.7. The van der Waals surface area contributed by atoms with Crippen molar-refractivity contribution in [2.24, 2.45) is 5.92 Å². The van der Waals surface area contributed by atoms with Gasteiger partial charge in [0.1, 0.15) is 18.3 Å². The molecule has 1 N–H and O–H groups in total. The molecule has 0 heterocycles. The number of anilines is 1. The third kappa shape index (κ3) is 7.60. The minimum absolute atomic E-state index is 0.0386. The molecule has 0 radical (unpaired) electrons. The first-order valence-electron chi connectivity index (χ1n) is 12.9. The molecular weight excluding hydrogens is 514 g/mol. The fourth-order valence-electron chi connectivity index (χ4n) is 4.11. The molecule has 8 nitrogen and oxygen atoms in total. The quantitative estimate of drug-likeness (QED) is 0.360. The minimum atomic E-state index is -4.16. The fourth-order valence-corrected chi connectivity index (χ4v) is 5.56. The number of nitrogens with one attached hydrogen (secondary N) is 1. The van der Waals surface area contributed by atoms with Gasteiger partial charge >= 0.3 is 0 Å². The number of nitrogens with zero attached hydrogens (tertiary/aromatic N) is 2. The number of ether oxygens (including phenoxy) is 1. The van der Waals surface area contributed by atoms with Crippen LogP contribution in [0.5, 0.6) is 5.75 Å². The van der Waals surface area contributed by atoms with Crippen molar-refractivity contribution in [3.05, 3.63) is 90.0 Å². The van der Waals surface area contributed by atoms with Crippen molar-refractivity contribution >= 4 is 27.5 Å². The van der Waals surface area contributed by atoms with Crippen molar-refractivity contribution in [2.75, 3.05) is 24.5 Å². The Hall–Kier alpha value is -3.85. The van der Waals surface area contributed by atoms with Crippen molar-refractivity contribution in [3.8, 4) is 5.75 Å². The molecule has 0 saturated carbocycles. The van der Waals surface area contributed by atoms with Crippen LogP contribution in [0.4, 0.5) is 5.69 Å². The summed E-state index contributed by atoms with van der Waals surface area (Å²) in [5.41, 5.74) is 2.07. The monoisotopic (exact) mass is 551 g/mol. The summed E-state index contributed by atoms with van der Waals surface area (Å²) >= 11 is 0. The molecule has 2 amide bonds. The van der Waals surface area contributed by atoms with E-state index in [4.69, 9.17) is 4.74 Å². The number of methoxy groups -OCH3 is 1. The lowest BCUT2D eigenvalue weighted by Crippen LogP contribution is -2.51. The summed E-state index contributed by atoms with van der Waals surface area (Å²) in [6.07, 6.45) is 0. The van der Waals surface area contributed by atoms with Crippen molar-refractivity contribution in [1.82, 2.24) is 10.2 Å². The van der Waals surface area contributed by atoms with Crippen LogP contribution in [-0.2, 0) is 26.2 Å². The number of sulfonamides is 1. The van der Waals surface area contributed by atoms with Crippen molar-refractivity contribution < 1.29 is 22.7 Å². The zero-order valence-electron chi connectivity index (χ0n) is 23.1. The molecule has 0 spiro atoms. The summed E-state index contributed by atoms with van der Waals surface area (Å²) in [5.74, 6) is -0.287. The molecule has 0 fully saturated rings. The highest BCUT2D eigenvalue weighted by atomic mass is 32.2. The standard InChI is InChI=1S/C30H37N3O5S/c1-22(2)19-31-30(35)24(4)32(20-25-13-11-12-23(3)18-25)29(34)21-33(27-16-9-10-17-28(27)38-5)39(36,37)26-14-7-6-8-15-26/h6-18,22,24H,19-21H2,1-5H3,(H,31,35). The van der Waals surface area contributed by atoms with Crippen LogP contribution in [0.3, 0.4) is 0 Å². The van der Waals surface area contributed by atoms with Gasteiger partial charge in [0.25, 0.3) is 10.0 Å². The first-order chi connectivity index (χ1) is 18.5. The maximum absolute atomic E-state index is 14.0. The zero-order valence-corrected chi connectivity index (χ0v) is 23.9. The molecule has 0 aliphatic heterocycles. The molecular formula is C30H37N3O5S. The SMILES string of the molecule is COc1ccccc1N(CC(=O)N(Cc1cccc(C)c1)C(C)C(=O)NCC(C)C)S(=O)(=O)c1ccccc1. The third-order valence-electron chi connectivity index (χ3n) is 6.25. The summed E-state index contributed by atoms with van der Waals surface area (Å²) in [7, 11) is -2.71. The molecule has 3 aromatic carbocycles. The first-order valence-corrected chi connectivity index (χ1v) is 14.3. The number of para-hydroxylation sites is 2. The normalized spacial score (nSPS) is 12.1. The van der Waals surface area contributed by atoms with Crippen molar-refractivity contribution in [1.29, 1.82) is 0 Å². The van der Waals surface area contributed by atoms with Crippen LogP contribution < -0.4 is 14.4 Å². The van der Waals surface area contributed by atoms with Gasteiger partial charge in [0.15, 0.2) is 0 Å². The molecule has 0 aliphatic carbocycles. The summed E-state index contributed by atoms with van der Waals surface area (Å²) in [4.78, 5) is 28.5. The Balaban J connectivity index is 2.04. The van der Waals surface area contributed by atoms with E-state index in [1.807, 2.05) is 45.0 Å². The number of aryl methyl sites for hydroxylation is 1. The molecule has 208 valence electrons. The van der Waals surface area contributed by atoms with E-state index in [-0.39, 0.29) is 29.0 Å². The number of hydrogen-bond donors (Lipinski definition) is 1. The van der Waals surface area contributed by atoms with Gasteiger partial charge < -0.3 is 15.0 Å². The van der Waals surface area contributed by atoms with Gasteiger partial charge in [0, 0.05) is 13.1 Å². The van der Waals surface area contributed by atoms with Crippen LogP contribution in [0, 0.1) is 12.8 Å². The molecule has 9 heteroatoms. The molecule has 0 aliphatic rings. The largest absolute Gasteiger partial charge is 0.495 e. The Labute approximate surface area is 231 Å². The molecule has 0 saturated heterocycles. The van der Waals surface area contributed by atoms with E-state index < -0.39 is 28.5 Å². The van der Waals surface area contributed by atoms with Crippen LogP contribution in [0.25, 0.3) is 0 Å². The van der Waals surface area contributed by atoms with Crippen LogP contribution in [0.1, 0.15) is 31.9 Å². The number of benzene rings is 3. The Morgan fingerprint density at radius 3 is 2.23 bits per heavy atom. The van der Waals surface area contributed by atoms with Crippen LogP contribution in [0.15, 0.2) is 83.8 Å². The minimum Gasteiger partial charge on any atom is -0.495 e. The second kappa shape index (κ2) is 13.3. The second-order valence-electron chi connectivity index (χ2n) is 9.82. The van der Waals surface area contributed by atoms with Crippen molar-refractivity contribution in [2.45, 2.75) is 45.2 Å². The van der Waals surface area contributed by atoms with Gasteiger partial charge in [0.2, 0.25) is 11.8 Å². The first kappa shape index (κ1) is 29.7. The molecule has 0 aromatic heterocycles. The third-order valence-corrected chi connectivity index (χ3v) is 8.03. The van der Waals surface area contributed by atoms with Crippen LogP contribution >= 0.6 is 0 Å². The molecule has 0 bridgehead atoms. The highest BCUT2D eigenvalue weighted by molar-refractivity contribution is 7.92. The summed E-state index contributed by atoms with van der Waals surface area (Å²) in [5, 5.41) is 2.89. The van der Waals surface area contributed by atoms with Gasteiger partial charge in [-0.1, -0.05) is 74.0 Å². The maximum atomic E-state index is 14.0. The molecule has 3 aromatic rings. The van der Waals surface area contributed by atoms with Gasteiger partial charge in [-0.25, -0.2) is 8.42 Å². The number of carbonyl (C=O) groups excluding carboxylic acids is 2. The Bertz CT molecular complexity index is 1380. The zero-order chi connectivity index (χ0) is 28.6. The van der Waals surface area contributed by atoms with Crippen LogP contribution in [-0.4, -0.2) is 51.4 Å². The lowest BCUT2D eigenvalue weighted by Gasteiger charge is -2.32. The Morgan fingerprint density at radius 1 is 0.923 bits per heavy atom. The number of hydrogen-bond acceptors (Lipinski definition) is 5. The number of amides is 2. The van der Waals surface area contributed by atoms with Gasteiger partial charge in [-0.2, -0.15) is 0 Å². The Morgan fingerprint density at radius 2 is 1.59 bits per heavy atom. The predicted molar refractivity (Wildman–Crippen MR) is 153 cm³/mol. The molecule has 1 unspecified atom stereocenters. The predicted octanol–water partition coefficient (Wildman–Crippen LogP) is 4.39. The van der Waals surface area contributed by atoms with Gasteiger partial charge in [-0.15, -0.1) is 0 Å². The Kier molecular flexibility index (Phi) is 10.1. The van der Waals surface area contributed by atoms with Gasteiger partial charge in [0.05, 0.1) is 17.7 Å². The number of rotatable bonds is 12. The highest BCUT2D eigenvalue weighted by Crippen LogP contribution is 2.32. The molecule has 3 rings (SSSR count). The summed E-state index contributed by atoms with van der Waals surface area (Å²) < 4.78 is 34.2. The van der Waals surface area contributed by atoms with E-state index in [0.717, 1.165) is 15.4 Å². The smallest absolute Gasteiger partial charge is 0.264 e. The van der Waals surface area contributed by atoms with Crippen LogP contribution in [0.2, 0.25) is 0 Å². The van der Waals surface area contributed by atoms with E-state index in [2.05, 4.69) is 5.32 Å². The number of carbonyl (C=O) groups is 2. The van der Waals surface area contributed by atoms with E-state index in [9.17, 15) is 18.0 Å². The summed E-state index contributed by atoms with van der Waals surface area (Å²) in [6, 6.07) is 21.4. The van der Waals surface area contributed by atoms with E-state index in [1.165, 1.54) is 24.1 Å². The topological polar surface area (TPSA) is 96.0 Å². The average molecular weight is 552 g/mol. The van der Waals surface area contributed by atoms with E-state index in [0.29, 0.717) is 12.3 Å². The molecule has 39 heavy (non-hydrogen) atoms. The van der Waals surface area contributed by atoms with Gasteiger partial charge in [-0.05, 0) is 49.6 Å². The highest BCUT2D eigenvalue weighted by Gasteiger charge is 2.33. The molecule has 1 atom stereocenters. The van der Waals surface area contributed by atoms with Gasteiger partial charge in [-0.3, -0.25) is 13.9 Å². The summed E-state index contributed by atoms with van der Waals surface area (Å²) in [6.45, 7) is 7.66. The fraction of sp³-hybridized carbons (Fsp3) is 0.333. The lowest BCUT2D eigenvalue weighted by atomic mass is 10.1. The lowest BCUT2D eigenvalue weighted by molar-refractivity contribution is -0.139. The van der Waals surface area contributed by atoms with E-state index >= 15 is 0 Å². The van der Waals surface area contributed by atoms with E-state index in [1.54, 1.807) is 49.4 Å². The van der Waals surface area contributed by atoms with Crippen molar-refractivity contribution in [3.63, 3.8) is 0 Å².